The smallest absolute Gasteiger partial charge is 0.290 e. The minimum atomic E-state index is -0.730. The summed E-state index contributed by atoms with van der Waals surface area (Å²) in [7, 11) is 0. The van der Waals surface area contributed by atoms with E-state index in [1.807, 2.05) is 41.8 Å². The van der Waals surface area contributed by atoms with Crippen LogP contribution in [-0.4, -0.2) is 22.8 Å². The lowest BCUT2D eigenvalue weighted by Crippen LogP contribution is -2.45. The fourth-order valence-corrected chi connectivity index (χ4v) is 4.85. The molecule has 2 heterocycles. The molecule has 0 spiro atoms. The van der Waals surface area contributed by atoms with Crippen molar-refractivity contribution in [1.29, 1.82) is 0 Å². The topological polar surface area (TPSA) is 62.6 Å². The summed E-state index contributed by atoms with van der Waals surface area (Å²) in [6.07, 6.45) is 6.65. The van der Waals surface area contributed by atoms with E-state index in [1.54, 1.807) is 28.4 Å². The number of rotatable bonds is 8. The highest BCUT2D eigenvalue weighted by Crippen LogP contribution is 2.29. The van der Waals surface area contributed by atoms with Gasteiger partial charge in [-0.15, -0.1) is 11.3 Å². The van der Waals surface area contributed by atoms with Crippen molar-refractivity contribution in [2.24, 2.45) is 0 Å². The van der Waals surface area contributed by atoms with E-state index < -0.39 is 6.04 Å². The summed E-state index contributed by atoms with van der Waals surface area (Å²) in [4.78, 5) is 29.7. The SMILES string of the molecule is CCc1ccc([C@@H](C(=O)NC2CCCC2)N(Cc2cccs2)C(=O)c2ccco2)cc1. The molecule has 0 unspecified atom stereocenters. The van der Waals surface area contributed by atoms with Crippen LogP contribution in [0.4, 0.5) is 0 Å². The molecule has 0 aliphatic heterocycles. The first-order chi connectivity index (χ1) is 15.2. The van der Waals surface area contributed by atoms with Gasteiger partial charge < -0.3 is 14.6 Å². The zero-order valence-corrected chi connectivity index (χ0v) is 18.6. The highest BCUT2D eigenvalue weighted by Gasteiger charge is 2.34. The molecule has 2 aromatic heterocycles. The molecule has 1 fully saturated rings. The molecule has 6 heteroatoms. The third-order valence-electron chi connectivity index (χ3n) is 5.86. The lowest BCUT2D eigenvalue weighted by atomic mass is 10.0. The zero-order chi connectivity index (χ0) is 21.6. The predicted molar refractivity (Wildman–Crippen MR) is 122 cm³/mol. The van der Waals surface area contributed by atoms with Crippen molar-refractivity contribution in [3.05, 3.63) is 81.9 Å². The van der Waals surface area contributed by atoms with Crippen LogP contribution in [0, 0.1) is 0 Å². The fourth-order valence-electron chi connectivity index (χ4n) is 4.15. The third-order valence-corrected chi connectivity index (χ3v) is 6.73. The molecule has 1 saturated carbocycles. The summed E-state index contributed by atoms with van der Waals surface area (Å²) in [6, 6.07) is 14.7. The molecular weight excluding hydrogens is 408 g/mol. The number of carbonyl (C=O) groups is 2. The third kappa shape index (κ3) is 5.07. The van der Waals surface area contributed by atoms with E-state index in [9.17, 15) is 9.59 Å². The van der Waals surface area contributed by atoms with Gasteiger partial charge in [0, 0.05) is 10.9 Å². The lowest BCUT2D eigenvalue weighted by molar-refractivity contribution is -0.126. The molecular formula is C25H28N2O3S. The number of hydrogen-bond donors (Lipinski definition) is 1. The second kappa shape index (κ2) is 9.96. The first kappa shape index (κ1) is 21.4. The van der Waals surface area contributed by atoms with Gasteiger partial charge in [0.25, 0.3) is 5.91 Å². The standard InChI is InChI=1S/C25H28N2O3S/c1-2-18-11-13-19(14-12-18)23(24(28)26-20-7-3-4-8-20)27(17-21-9-6-16-31-21)25(29)22-10-5-15-30-22/h5-6,9-16,20,23H,2-4,7-8,17H2,1H3,(H,26,28)/t23-/m0/s1. The van der Waals surface area contributed by atoms with Gasteiger partial charge in [0.15, 0.2) is 5.76 Å². The van der Waals surface area contributed by atoms with E-state index in [1.165, 1.54) is 11.8 Å². The van der Waals surface area contributed by atoms with Gasteiger partial charge in [-0.05, 0) is 54.0 Å². The maximum absolute atomic E-state index is 13.6. The molecule has 0 saturated heterocycles. The van der Waals surface area contributed by atoms with Crippen LogP contribution in [0.5, 0.6) is 0 Å². The number of furan rings is 1. The molecule has 5 nitrogen and oxygen atoms in total. The van der Waals surface area contributed by atoms with E-state index in [-0.39, 0.29) is 23.6 Å². The lowest BCUT2D eigenvalue weighted by Gasteiger charge is -2.31. The number of amides is 2. The maximum Gasteiger partial charge on any atom is 0.290 e. The summed E-state index contributed by atoms with van der Waals surface area (Å²) in [5, 5.41) is 5.19. The van der Waals surface area contributed by atoms with Crippen LogP contribution >= 0.6 is 11.3 Å². The minimum Gasteiger partial charge on any atom is -0.459 e. The average Bonchev–Trinajstić information content (AvgIpc) is 3.57. The van der Waals surface area contributed by atoms with E-state index >= 15 is 0 Å². The molecule has 1 atom stereocenters. The largest absolute Gasteiger partial charge is 0.459 e. The Labute approximate surface area is 187 Å². The first-order valence-electron chi connectivity index (χ1n) is 10.9. The number of carbonyl (C=O) groups excluding carboxylic acids is 2. The molecule has 1 N–H and O–H groups in total. The molecule has 1 aliphatic carbocycles. The highest BCUT2D eigenvalue weighted by atomic mass is 32.1. The second-order valence-corrected chi connectivity index (χ2v) is 9.01. The van der Waals surface area contributed by atoms with Gasteiger partial charge in [-0.3, -0.25) is 9.59 Å². The van der Waals surface area contributed by atoms with Gasteiger partial charge in [-0.25, -0.2) is 0 Å². The monoisotopic (exact) mass is 436 g/mol. The molecule has 0 bridgehead atoms. The second-order valence-electron chi connectivity index (χ2n) is 7.98. The Morgan fingerprint density at radius 1 is 1.13 bits per heavy atom. The van der Waals surface area contributed by atoms with Gasteiger partial charge >= 0.3 is 0 Å². The summed E-state index contributed by atoms with van der Waals surface area (Å²) in [5.74, 6) is -0.183. The van der Waals surface area contributed by atoms with Crippen molar-refractivity contribution < 1.29 is 14.0 Å². The van der Waals surface area contributed by atoms with Crippen LogP contribution in [0.25, 0.3) is 0 Å². The molecule has 1 aliphatic rings. The van der Waals surface area contributed by atoms with E-state index in [4.69, 9.17) is 4.42 Å². The Morgan fingerprint density at radius 2 is 1.90 bits per heavy atom. The molecule has 1 aromatic carbocycles. The van der Waals surface area contributed by atoms with Crippen molar-refractivity contribution in [2.45, 2.75) is 57.7 Å². The number of nitrogens with one attached hydrogen (secondary N) is 1. The number of hydrogen-bond acceptors (Lipinski definition) is 4. The van der Waals surface area contributed by atoms with Crippen LogP contribution in [-0.2, 0) is 17.8 Å². The molecule has 0 radical (unpaired) electrons. The van der Waals surface area contributed by atoms with Crippen LogP contribution in [0.1, 0.15) is 65.2 Å². The van der Waals surface area contributed by atoms with Crippen molar-refractivity contribution in [3.63, 3.8) is 0 Å². The average molecular weight is 437 g/mol. The van der Waals surface area contributed by atoms with Gasteiger partial charge in [0.2, 0.25) is 5.91 Å². The number of benzene rings is 1. The Bertz CT molecular complexity index is 974. The maximum atomic E-state index is 13.6. The molecule has 31 heavy (non-hydrogen) atoms. The van der Waals surface area contributed by atoms with Gasteiger partial charge in [0.1, 0.15) is 6.04 Å². The van der Waals surface area contributed by atoms with E-state index in [2.05, 4.69) is 12.2 Å². The quantitative estimate of drug-likeness (QED) is 0.518. The van der Waals surface area contributed by atoms with Crippen molar-refractivity contribution in [1.82, 2.24) is 10.2 Å². The molecule has 162 valence electrons. The van der Waals surface area contributed by atoms with E-state index in [0.29, 0.717) is 6.54 Å². The first-order valence-corrected chi connectivity index (χ1v) is 11.8. The van der Waals surface area contributed by atoms with E-state index in [0.717, 1.165) is 42.5 Å². The van der Waals surface area contributed by atoms with Gasteiger partial charge in [0.05, 0.1) is 12.8 Å². The highest BCUT2D eigenvalue weighted by molar-refractivity contribution is 7.09. The van der Waals surface area contributed by atoms with Crippen LogP contribution < -0.4 is 5.32 Å². The fraction of sp³-hybridized carbons (Fsp3) is 0.360. The summed E-state index contributed by atoms with van der Waals surface area (Å²) in [5.41, 5.74) is 2.00. The predicted octanol–water partition coefficient (Wildman–Crippen LogP) is 5.35. The molecule has 3 aromatic rings. The normalized spacial score (nSPS) is 15.0. The summed E-state index contributed by atoms with van der Waals surface area (Å²) < 4.78 is 5.41. The number of thiophene rings is 1. The summed E-state index contributed by atoms with van der Waals surface area (Å²) in [6.45, 7) is 2.44. The Hall–Kier alpha value is -2.86. The minimum absolute atomic E-state index is 0.132. The number of nitrogens with zero attached hydrogens (tertiary/aromatic N) is 1. The number of aryl methyl sites for hydroxylation is 1. The van der Waals surface area contributed by atoms with Crippen molar-refractivity contribution in [3.8, 4) is 0 Å². The Balaban J connectivity index is 1.71. The van der Waals surface area contributed by atoms with Crippen LogP contribution in [0.2, 0.25) is 0 Å². The Morgan fingerprint density at radius 3 is 2.52 bits per heavy atom. The Kier molecular flexibility index (Phi) is 6.87. The van der Waals surface area contributed by atoms with Crippen LogP contribution in [0.15, 0.2) is 64.6 Å². The van der Waals surface area contributed by atoms with Crippen molar-refractivity contribution in [2.75, 3.05) is 0 Å². The molecule has 4 rings (SSSR count). The zero-order valence-electron chi connectivity index (χ0n) is 17.8. The van der Waals surface area contributed by atoms with Crippen LogP contribution in [0.3, 0.4) is 0 Å². The molecule has 2 amide bonds. The summed E-state index contributed by atoms with van der Waals surface area (Å²) >= 11 is 1.57. The van der Waals surface area contributed by atoms with Gasteiger partial charge in [-0.1, -0.05) is 50.1 Å². The van der Waals surface area contributed by atoms with Crippen molar-refractivity contribution >= 4 is 23.2 Å². The van der Waals surface area contributed by atoms with Gasteiger partial charge in [-0.2, -0.15) is 0 Å².